The highest BCUT2D eigenvalue weighted by atomic mass is 19.1. The fourth-order valence-corrected chi connectivity index (χ4v) is 2.37. The van der Waals surface area contributed by atoms with Crippen LogP contribution in [0.5, 0.6) is 0 Å². The average Bonchev–Trinajstić information content (AvgIpc) is 2.67. The van der Waals surface area contributed by atoms with E-state index in [1.165, 1.54) is 11.6 Å². The molecule has 108 valence electrons. The largest absolute Gasteiger partial charge is 0.313 e. The van der Waals surface area contributed by atoms with Crippen molar-refractivity contribution >= 4 is 0 Å². The van der Waals surface area contributed by atoms with E-state index in [9.17, 15) is 4.39 Å². The first-order valence-electron chi connectivity index (χ1n) is 7.01. The summed E-state index contributed by atoms with van der Waals surface area (Å²) >= 11 is 0. The number of hydrogen-bond donors (Lipinski definition) is 1. The van der Waals surface area contributed by atoms with Crippen LogP contribution in [-0.2, 0) is 13.1 Å². The molecule has 0 aliphatic rings. The predicted molar refractivity (Wildman–Crippen MR) is 79.3 cm³/mol. The lowest BCUT2D eigenvalue weighted by atomic mass is 10.1. The summed E-state index contributed by atoms with van der Waals surface area (Å²) in [7, 11) is 0. The molecule has 4 heteroatoms. The van der Waals surface area contributed by atoms with Crippen LogP contribution in [0.15, 0.2) is 18.2 Å². The molecule has 2 rings (SSSR count). The van der Waals surface area contributed by atoms with Crippen LogP contribution in [0.3, 0.4) is 0 Å². The van der Waals surface area contributed by atoms with Gasteiger partial charge < -0.3 is 5.32 Å². The third-order valence-corrected chi connectivity index (χ3v) is 3.71. The molecule has 3 nitrogen and oxygen atoms in total. The van der Waals surface area contributed by atoms with Gasteiger partial charge >= 0.3 is 0 Å². The highest BCUT2D eigenvalue weighted by Gasteiger charge is 2.12. The van der Waals surface area contributed by atoms with E-state index in [1.807, 2.05) is 24.6 Å². The fourth-order valence-electron chi connectivity index (χ4n) is 2.37. The molecule has 1 aromatic heterocycles. The Kier molecular flexibility index (Phi) is 4.55. The molecule has 0 spiro atoms. The van der Waals surface area contributed by atoms with Crippen molar-refractivity contribution in [1.82, 2.24) is 15.1 Å². The molecule has 0 aliphatic carbocycles. The van der Waals surface area contributed by atoms with Crippen molar-refractivity contribution in [3.8, 4) is 0 Å². The number of nitrogens with one attached hydrogen (secondary N) is 1. The number of aromatic nitrogens is 2. The van der Waals surface area contributed by atoms with E-state index in [0.29, 0.717) is 6.54 Å². The van der Waals surface area contributed by atoms with E-state index in [0.717, 1.165) is 35.6 Å². The minimum absolute atomic E-state index is 0.194. The van der Waals surface area contributed by atoms with Gasteiger partial charge in [0, 0.05) is 17.8 Å². The predicted octanol–water partition coefficient (Wildman–Crippen LogP) is 3.11. The maximum atomic E-state index is 13.4. The Morgan fingerprint density at radius 2 is 2.00 bits per heavy atom. The first-order valence-corrected chi connectivity index (χ1v) is 7.01. The van der Waals surface area contributed by atoms with Crippen molar-refractivity contribution in [2.45, 2.75) is 40.8 Å². The van der Waals surface area contributed by atoms with Gasteiger partial charge in [0.05, 0.1) is 12.2 Å². The molecule has 0 amide bonds. The zero-order valence-electron chi connectivity index (χ0n) is 12.6. The van der Waals surface area contributed by atoms with Crippen LogP contribution in [0.1, 0.15) is 35.0 Å². The topological polar surface area (TPSA) is 29.9 Å². The summed E-state index contributed by atoms with van der Waals surface area (Å²) in [5, 5.41) is 7.91. The normalized spacial score (nSPS) is 11.1. The van der Waals surface area contributed by atoms with Crippen LogP contribution in [0.25, 0.3) is 0 Å². The lowest BCUT2D eigenvalue weighted by Crippen LogP contribution is -2.13. The van der Waals surface area contributed by atoms with E-state index in [-0.39, 0.29) is 5.82 Å². The zero-order valence-corrected chi connectivity index (χ0v) is 12.6. The van der Waals surface area contributed by atoms with Crippen LogP contribution >= 0.6 is 0 Å². The highest BCUT2D eigenvalue weighted by molar-refractivity contribution is 5.29. The maximum Gasteiger partial charge on any atom is 0.123 e. The Hall–Kier alpha value is -1.68. The second-order valence-corrected chi connectivity index (χ2v) is 5.16. The smallest absolute Gasteiger partial charge is 0.123 e. The Bertz CT molecular complexity index is 602. The average molecular weight is 275 g/mol. The van der Waals surface area contributed by atoms with Gasteiger partial charge in [-0.05, 0) is 50.6 Å². The van der Waals surface area contributed by atoms with E-state index in [2.05, 4.69) is 24.3 Å². The Morgan fingerprint density at radius 1 is 1.25 bits per heavy atom. The highest BCUT2D eigenvalue weighted by Crippen LogP contribution is 2.17. The summed E-state index contributed by atoms with van der Waals surface area (Å²) in [6.07, 6.45) is 0. The molecule has 0 bridgehead atoms. The number of halogens is 1. The van der Waals surface area contributed by atoms with E-state index in [1.54, 1.807) is 6.07 Å². The van der Waals surface area contributed by atoms with Crippen molar-refractivity contribution in [3.63, 3.8) is 0 Å². The Labute approximate surface area is 119 Å². The molecule has 0 atom stereocenters. The molecule has 0 saturated carbocycles. The van der Waals surface area contributed by atoms with E-state index in [4.69, 9.17) is 0 Å². The van der Waals surface area contributed by atoms with Crippen molar-refractivity contribution in [1.29, 1.82) is 0 Å². The van der Waals surface area contributed by atoms with Crippen LogP contribution in [-0.4, -0.2) is 16.3 Å². The zero-order chi connectivity index (χ0) is 14.7. The summed E-state index contributed by atoms with van der Waals surface area (Å²) < 4.78 is 15.3. The number of aryl methyl sites for hydroxylation is 2. The van der Waals surface area contributed by atoms with Crippen molar-refractivity contribution in [2.24, 2.45) is 0 Å². The minimum atomic E-state index is -0.194. The molecule has 1 aromatic carbocycles. The molecule has 1 heterocycles. The Balaban J connectivity index is 2.27. The molecule has 0 radical (unpaired) electrons. The van der Waals surface area contributed by atoms with Gasteiger partial charge in [0.25, 0.3) is 0 Å². The maximum absolute atomic E-state index is 13.4. The molecular formula is C16H22FN3. The third kappa shape index (κ3) is 3.07. The number of benzene rings is 1. The van der Waals surface area contributed by atoms with Crippen LogP contribution < -0.4 is 5.32 Å². The lowest BCUT2D eigenvalue weighted by Gasteiger charge is -2.09. The first-order chi connectivity index (χ1) is 9.52. The Morgan fingerprint density at radius 3 is 2.70 bits per heavy atom. The van der Waals surface area contributed by atoms with Gasteiger partial charge in [-0.15, -0.1) is 0 Å². The van der Waals surface area contributed by atoms with Gasteiger partial charge in [-0.2, -0.15) is 5.10 Å². The fraction of sp³-hybridized carbons (Fsp3) is 0.438. The van der Waals surface area contributed by atoms with E-state index < -0.39 is 0 Å². The summed E-state index contributed by atoms with van der Waals surface area (Å²) in [5.41, 5.74) is 5.49. The van der Waals surface area contributed by atoms with Crippen molar-refractivity contribution in [2.75, 3.05) is 6.54 Å². The quantitative estimate of drug-likeness (QED) is 0.908. The molecule has 0 aliphatic heterocycles. The lowest BCUT2D eigenvalue weighted by molar-refractivity contribution is 0.613. The first kappa shape index (κ1) is 14.7. The summed E-state index contributed by atoms with van der Waals surface area (Å²) in [5.74, 6) is -0.194. The second-order valence-electron chi connectivity index (χ2n) is 5.16. The summed E-state index contributed by atoms with van der Waals surface area (Å²) in [6.45, 7) is 10.6. The number of nitrogens with zero attached hydrogens (tertiary/aromatic N) is 2. The summed E-state index contributed by atoms with van der Waals surface area (Å²) in [4.78, 5) is 0. The minimum Gasteiger partial charge on any atom is -0.313 e. The monoisotopic (exact) mass is 275 g/mol. The van der Waals surface area contributed by atoms with Gasteiger partial charge in [0.1, 0.15) is 5.82 Å². The standard InChI is InChI=1S/C16H22FN3/c1-5-18-9-16-12(3)19-20(13(16)4)10-14-8-15(17)7-6-11(14)2/h6-8,18H,5,9-10H2,1-4H3. The van der Waals surface area contributed by atoms with Crippen LogP contribution in [0.2, 0.25) is 0 Å². The number of rotatable bonds is 5. The number of hydrogen-bond acceptors (Lipinski definition) is 2. The second kappa shape index (κ2) is 6.18. The van der Waals surface area contributed by atoms with Gasteiger partial charge in [-0.1, -0.05) is 13.0 Å². The van der Waals surface area contributed by atoms with Gasteiger partial charge in [0.15, 0.2) is 0 Å². The molecule has 0 saturated heterocycles. The van der Waals surface area contributed by atoms with Gasteiger partial charge in [-0.3, -0.25) is 4.68 Å². The SMILES string of the molecule is CCNCc1c(C)nn(Cc2cc(F)ccc2C)c1C. The van der Waals surface area contributed by atoms with Crippen molar-refractivity contribution < 1.29 is 4.39 Å². The van der Waals surface area contributed by atoms with Crippen molar-refractivity contribution in [3.05, 3.63) is 52.1 Å². The van der Waals surface area contributed by atoms with E-state index >= 15 is 0 Å². The molecule has 1 N–H and O–H groups in total. The molecule has 0 fully saturated rings. The third-order valence-electron chi connectivity index (χ3n) is 3.71. The van der Waals surface area contributed by atoms with Crippen LogP contribution in [0, 0.1) is 26.6 Å². The molecule has 2 aromatic rings. The molecule has 20 heavy (non-hydrogen) atoms. The molecule has 0 unspecified atom stereocenters. The molecular weight excluding hydrogens is 253 g/mol. The summed E-state index contributed by atoms with van der Waals surface area (Å²) in [6, 6.07) is 4.91. The van der Waals surface area contributed by atoms with Gasteiger partial charge in [-0.25, -0.2) is 4.39 Å². The van der Waals surface area contributed by atoms with Crippen LogP contribution in [0.4, 0.5) is 4.39 Å². The van der Waals surface area contributed by atoms with Gasteiger partial charge in [0.2, 0.25) is 0 Å².